The van der Waals surface area contributed by atoms with E-state index in [9.17, 15) is 0 Å². The number of halogens is 1. The molecule has 2 N–H and O–H groups in total. The Hall–Kier alpha value is -2.07. The van der Waals surface area contributed by atoms with Crippen LogP contribution in [0.3, 0.4) is 0 Å². The molecule has 1 aromatic carbocycles. The summed E-state index contributed by atoms with van der Waals surface area (Å²) in [7, 11) is 2.18. The van der Waals surface area contributed by atoms with Crippen molar-refractivity contribution >= 4 is 41.4 Å². The lowest BCUT2D eigenvalue weighted by molar-refractivity contribution is 0.312. The van der Waals surface area contributed by atoms with Crippen molar-refractivity contribution in [2.45, 2.75) is 39.3 Å². The van der Waals surface area contributed by atoms with Gasteiger partial charge in [-0.15, -0.1) is 24.0 Å². The Bertz CT molecular complexity index is 921. The number of aromatic nitrogens is 1. The molecule has 7 nitrogen and oxygen atoms in total. The number of nitrogens with zero attached hydrogens (tertiary/aromatic N) is 5. The molecule has 2 aliphatic rings. The molecule has 0 aliphatic carbocycles. The monoisotopic (exact) mass is 577 g/mol. The van der Waals surface area contributed by atoms with Gasteiger partial charge in [-0.2, -0.15) is 0 Å². The molecule has 0 bridgehead atoms. The number of rotatable bonds is 7. The summed E-state index contributed by atoms with van der Waals surface area (Å²) in [6.45, 7) is 12.3. The molecule has 2 fully saturated rings. The number of aliphatic imine (C=N–C) groups is 1. The van der Waals surface area contributed by atoms with Crippen LogP contribution < -0.4 is 20.4 Å². The summed E-state index contributed by atoms with van der Waals surface area (Å²) in [5.74, 6) is 1.90. The largest absolute Gasteiger partial charge is 0.372 e. The van der Waals surface area contributed by atoms with E-state index >= 15 is 0 Å². The molecule has 0 saturated carbocycles. The van der Waals surface area contributed by atoms with Crippen LogP contribution >= 0.6 is 24.0 Å². The molecule has 2 aliphatic heterocycles. The van der Waals surface area contributed by atoms with Crippen molar-refractivity contribution in [2.24, 2.45) is 4.99 Å². The summed E-state index contributed by atoms with van der Waals surface area (Å²) in [6.07, 6.45) is 4.49. The van der Waals surface area contributed by atoms with Gasteiger partial charge in [0.2, 0.25) is 0 Å². The van der Waals surface area contributed by atoms with E-state index in [4.69, 9.17) is 4.99 Å². The van der Waals surface area contributed by atoms with Crippen LogP contribution in [-0.4, -0.2) is 68.7 Å². The van der Waals surface area contributed by atoms with E-state index < -0.39 is 0 Å². The van der Waals surface area contributed by atoms with E-state index in [-0.39, 0.29) is 30.0 Å². The fourth-order valence-corrected chi connectivity index (χ4v) is 4.51. The number of likely N-dealkylation sites (N-methyl/N-ethyl adjacent to an activating group) is 1. The molecule has 8 heteroatoms. The Kier molecular flexibility index (Phi) is 10.2. The van der Waals surface area contributed by atoms with Crippen LogP contribution in [0.4, 0.5) is 11.5 Å². The van der Waals surface area contributed by atoms with Gasteiger partial charge in [0.15, 0.2) is 5.96 Å². The molecule has 1 unspecified atom stereocenters. The molecule has 2 saturated heterocycles. The number of guanidine groups is 1. The first kappa shape index (κ1) is 26.5. The van der Waals surface area contributed by atoms with Gasteiger partial charge < -0.3 is 25.3 Å². The third kappa shape index (κ3) is 7.21. The minimum Gasteiger partial charge on any atom is -0.372 e. The van der Waals surface area contributed by atoms with Crippen LogP contribution in [0.15, 0.2) is 47.6 Å². The maximum Gasteiger partial charge on any atom is 0.192 e. The molecule has 4 rings (SSSR count). The first-order valence-corrected chi connectivity index (χ1v) is 12.4. The van der Waals surface area contributed by atoms with Crippen LogP contribution in [0.1, 0.15) is 43.9 Å². The van der Waals surface area contributed by atoms with Gasteiger partial charge in [-0.25, -0.2) is 9.98 Å². The van der Waals surface area contributed by atoms with Gasteiger partial charge in [-0.3, -0.25) is 0 Å². The minimum absolute atomic E-state index is 0. The number of benzene rings is 1. The summed E-state index contributed by atoms with van der Waals surface area (Å²) < 4.78 is 0. The molecule has 0 radical (unpaired) electrons. The fraction of sp³-hybridized carbons (Fsp3) is 0.538. The highest BCUT2D eigenvalue weighted by atomic mass is 127. The van der Waals surface area contributed by atoms with Gasteiger partial charge in [-0.05, 0) is 69.1 Å². The van der Waals surface area contributed by atoms with Gasteiger partial charge in [0, 0.05) is 57.7 Å². The summed E-state index contributed by atoms with van der Waals surface area (Å²) in [5, 5.41) is 7.00. The van der Waals surface area contributed by atoms with E-state index in [1.165, 1.54) is 29.7 Å². The van der Waals surface area contributed by atoms with Gasteiger partial charge in [-0.1, -0.05) is 12.1 Å². The number of hydrogen-bond donors (Lipinski definition) is 2. The molecule has 1 atom stereocenters. The van der Waals surface area contributed by atoms with Crippen LogP contribution in [0.25, 0.3) is 0 Å². The third-order valence-corrected chi connectivity index (χ3v) is 6.60. The maximum absolute atomic E-state index is 4.88. The Balaban J connectivity index is 0.00000324. The topological polar surface area (TPSA) is 59.0 Å². The van der Waals surface area contributed by atoms with Crippen molar-refractivity contribution in [1.29, 1.82) is 0 Å². The number of hydrogen-bond acceptors (Lipinski definition) is 5. The standard InChI is InChI=1S/C26H39N7.HI/c1-4-27-26(30-21(2)23-8-7-9-24(19-23)32-12-5-6-13-32)29-20-22-10-11-28-25(18-22)33-16-14-31(3)15-17-33;/h7-11,18-19,21H,4-6,12-17,20H2,1-3H3,(H2,27,29,30);1H. The second-order valence-electron chi connectivity index (χ2n) is 9.16. The Labute approximate surface area is 222 Å². The van der Waals surface area contributed by atoms with E-state index in [1.807, 2.05) is 6.20 Å². The Morgan fingerprint density at radius 3 is 2.53 bits per heavy atom. The van der Waals surface area contributed by atoms with Crippen molar-refractivity contribution in [2.75, 3.05) is 62.7 Å². The first-order valence-electron chi connectivity index (χ1n) is 12.4. The van der Waals surface area contributed by atoms with Gasteiger partial charge in [0.25, 0.3) is 0 Å². The van der Waals surface area contributed by atoms with Crippen molar-refractivity contribution in [3.8, 4) is 0 Å². The molecule has 0 amide bonds. The van der Waals surface area contributed by atoms with Crippen LogP contribution in [0.2, 0.25) is 0 Å². The zero-order valence-electron chi connectivity index (χ0n) is 20.8. The highest BCUT2D eigenvalue weighted by Crippen LogP contribution is 2.24. The van der Waals surface area contributed by atoms with Crippen molar-refractivity contribution < 1.29 is 0 Å². The summed E-state index contributed by atoms with van der Waals surface area (Å²) in [4.78, 5) is 16.7. The third-order valence-electron chi connectivity index (χ3n) is 6.60. The van der Waals surface area contributed by atoms with Crippen LogP contribution in [-0.2, 0) is 6.54 Å². The average Bonchev–Trinajstić information content (AvgIpc) is 3.39. The predicted molar refractivity (Wildman–Crippen MR) is 154 cm³/mol. The number of pyridine rings is 1. The first-order chi connectivity index (χ1) is 16.1. The van der Waals surface area contributed by atoms with Crippen molar-refractivity contribution in [3.05, 3.63) is 53.7 Å². The lowest BCUT2D eigenvalue weighted by Crippen LogP contribution is -2.44. The highest BCUT2D eigenvalue weighted by Gasteiger charge is 2.16. The second kappa shape index (κ2) is 13.1. The van der Waals surface area contributed by atoms with Gasteiger partial charge in [0.1, 0.15) is 5.82 Å². The molecule has 1 aromatic heterocycles. The van der Waals surface area contributed by atoms with Crippen LogP contribution in [0.5, 0.6) is 0 Å². The zero-order chi connectivity index (χ0) is 23.0. The van der Waals surface area contributed by atoms with Crippen molar-refractivity contribution in [3.63, 3.8) is 0 Å². The van der Waals surface area contributed by atoms with E-state index in [0.717, 1.165) is 57.6 Å². The molecule has 186 valence electrons. The molecule has 0 spiro atoms. The lowest BCUT2D eigenvalue weighted by Gasteiger charge is -2.33. The van der Waals surface area contributed by atoms with Gasteiger partial charge in [0.05, 0.1) is 12.6 Å². The highest BCUT2D eigenvalue weighted by molar-refractivity contribution is 14.0. The van der Waals surface area contributed by atoms with E-state index in [1.54, 1.807) is 0 Å². The normalized spacial score (nSPS) is 17.9. The second-order valence-corrected chi connectivity index (χ2v) is 9.16. The summed E-state index contributed by atoms with van der Waals surface area (Å²) in [5.41, 5.74) is 3.79. The van der Waals surface area contributed by atoms with E-state index in [2.05, 4.69) is 87.6 Å². The number of piperazine rings is 1. The van der Waals surface area contributed by atoms with Crippen molar-refractivity contribution in [1.82, 2.24) is 20.5 Å². The number of nitrogens with one attached hydrogen (secondary N) is 2. The number of anilines is 2. The Morgan fingerprint density at radius 2 is 1.79 bits per heavy atom. The predicted octanol–water partition coefficient (Wildman–Crippen LogP) is 3.87. The maximum atomic E-state index is 4.88. The fourth-order valence-electron chi connectivity index (χ4n) is 4.51. The molecular weight excluding hydrogens is 537 g/mol. The lowest BCUT2D eigenvalue weighted by atomic mass is 10.1. The SMILES string of the molecule is CCNC(=NCc1ccnc(N2CCN(C)CC2)c1)NC(C)c1cccc(N2CCCC2)c1.I. The zero-order valence-corrected chi connectivity index (χ0v) is 23.2. The smallest absolute Gasteiger partial charge is 0.192 e. The minimum atomic E-state index is 0. The summed E-state index contributed by atoms with van der Waals surface area (Å²) in [6, 6.07) is 13.3. The molecule has 2 aromatic rings. The average molecular weight is 578 g/mol. The van der Waals surface area contributed by atoms with Gasteiger partial charge >= 0.3 is 0 Å². The van der Waals surface area contributed by atoms with E-state index in [0.29, 0.717) is 6.54 Å². The molecule has 3 heterocycles. The quantitative estimate of drug-likeness (QED) is 0.296. The molecular formula is C26H40IN7. The Morgan fingerprint density at radius 1 is 1.03 bits per heavy atom. The molecule has 34 heavy (non-hydrogen) atoms. The summed E-state index contributed by atoms with van der Waals surface area (Å²) >= 11 is 0. The van der Waals surface area contributed by atoms with Crippen LogP contribution in [0, 0.1) is 0 Å².